The molecule has 0 rings (SSSR count). The Balaban J connectivity index is 4.13. The molecule has 0 saturated heterocycles. The van der Waals surface area contributed by atoms with Gasteiger partial charge in [-0.05, 0) is 19.3 Å². The Kier molecular flexibility index (Phi) is 52.5. The van der Waals surface area contributed by atoms with E-state index in [-0.39, 0.29) is 19.1 Å². The molecular weight excluding hydrogens is 888 g/mol. The van der Waals surface area contributed by atoms with Crippen LogP contribution in [0.1, 0.15) is 322 Å². The molecule has 3 unspecified atom stereocenters. The third kappa shape index (κ3) is 55.0. The summed E-state index contributed by atoms with van der Waals surface area (Å²) >= 11 is 0. The molecule has 1 amide bonds. The van der Waals surface area contributed by atoms with E-state index >= 15 is 0 Å². The molecule has 0 saturated carbocycles. The number of phosphoric acid groups is 1. The summed E-state index contributed by atoms with van der Waals surface area (Å²) < 4.78 is 23.8. The van der Waals surface area contributed by atoms with E-state index in [1.54, 1.807) is 6.08 Å². The number of aliphatic hydroxyl groups excluding tert-OH is 1. The molecule has 0 heterocycles. The number of nitrogens with zero attached hydrogens (tertiary/aromatic N) is 1. The van der Waals surface area contributed by atoms with Crippen LogP contribution in [-0.2, 0) is 18.4 Å². The predicted octanol–water partition coefficient (Wildman–Crippen LogP) is 19.0. The van der Waals surface area contributed by atoms with Crippen LogP contribution in [0.2, 0.25) is 0 Å². The molecule has 3 atom stereocenters. The van der Waals surface area contributed by atoms with Crippen LogP contribution in [0.15, 0.2) is 12.2 Å². The molecule has 0 radical (unpaired) electrons. The van der Waals surface area contributed by atoms with Gasteiger partial charge in [0.1, 0.15) is 13.2 Å². The van der Waals surface area contributed by atoms with Gasteiger partial charge in [0.15, 0.2) is 0 Å². The molecule has 0 aliphatic rings. The van der Waals surface area contributed by atoms with Crippen LogP contribution in [0.25, 0.3) is 0 Å². The van der Waals surface area contributed by atoms with Crippen LogP contribution in [0.3, 0.4) is 0 Å². The topological polar surface area (TPSA) is 105 Å². The molecular formula is C61H124N2O6P+. The smallest absolute Gasteiger partial charge is 0.387 e. The number of hydrogen-bond acceptors (Lipinski definition) is 5. The number of allylic oxidation sites excluding steroid dienone is 1. The van der Waals surface area contributed by atoms with E-state index in [1.807, 2.05) is 27.2 Å². The Morgan fingerprint density at radius 2 is 0.757 bits per heavy atom. The summed E-state index contributed by atoms with van der Waals surface area (Å²) in [6.45, 7) is 4.88. The van der Waals surface area contributed by atoms with Gasteiger partial charge < -0.3 is 19.8 Å². The molecule has 0 fully saturated rings. The normalized spacial score (nSPS) is 13.9. The molecule has 0 aromatic heterocycles. The number of rotatable bonds is 58. The summed E-state index contributed by atoms with van der Waals surface area (Å²) in [5.41, 5.74) is 0. The highest BCUT2D eigenvalue weighted by Gasteiger charge is 2.27. The molecule has 0 aliphatic carbocycles. The number of nitrogens with one attached hydrogen (secondary N) is 1. The average molecular weight is 1010 g/mol. The van der Waals surface area contributed by atoms with Crippen molar-refractivity contribution in [3.8, 4) is 0 Å². The Morgan fingerprint density at radius 3 is 1.06 bits per heavy atom. The first-order valence-electron chi connectivity index (χ1n) is 31.1. The summed E-state index contributed by atoms with van der Waals surface area (Å²) in [5, 5.41) is 14.0. The lowest BCUT2D eigenvalue weighted by Gasteiger charge is -2.25. The molecule has 70 heavy (non-hydrogen) atoms. The van der Waals surface area contributed by atoms with Gasteiger partial charge in [0.2, 0.25) is 5.91 Å². The van der Waals surface area contributed by atoms with Crippen molar-refractivity contribution < 1.29 is 32.9 Å². The van der Waals surface area contributed by atoms with Gasteiger partial charge in [0.25, 0.3) is 0 Å². The first-order chi connectivity index (χ1) is 34.0. The minimum Gasteiger partial charge on any atom is -0.387 e. The lowest BCUT2D eigenvalue weighted by atomic mass is 10.0. The van der Waals surface area contributed by atoms with E-state index in [0.29, 0.717) is 17.4 Å². The van der Waals surface area contributed by atoms with Crippen LogP contribution in [0.5, 0.6) is 0 Å². The van der Waals surface area contributed by atoms with E-state index in [1.165, 1.54) is 270 Å². The second kappa shape index (κ2) is 53.1. The maximum absolute atomic E-state index is 13.0. The van der Waals surface area contributed by atoms with E-state index in [2.05, 4.69) is 19.2 Å². The number of hydrogen-bond donors (Lipinski definition) is 3. The van der Waals surface area contributed by atoms with Gasteiger partial charge in [-0.15, -0.1) is 0 Å². The van der Waals surface area contributed by atoms with Gasteiger partial charge >= 0.3 is 7.82 Å². The molecule has 8 nitrogen and oxygen atoms in total. The van der Waals surface area contributed by atoms with Crippen molar-refractivity contribution in [1.82, 2.24) is 5.32 Å². The lowest BCUT2D eigenvalue weighted by molar-refractivity contribution is -0.870. The molecule has 0 aromatic rings. The van der Waals surface area contributed by atoms with Crippen molar-refractivity contribution in [2.75, 3.05) is 40.9 Å². The van der Waals surface area contributed by atoms with E-state index < -0.39 is 20.0 Å². The highest BCUT2D eigenvalue weighted by Crippen LogP contribution is 2.43. The minimum atomic E-state index is -4.34. The van der Waals surface area contributed by atoms with Gasteiger partial charge in [-0.1, -0.05) is 309 Å². The fourth-order valence-electron chi connectivity index (χ4n) is 9.63. The second-order valence-corrected chi connectivity index (χ2v) is 24.3. The van der Waals surface area contributed by atoms with Crippen molar-refractivity contribution in [1.29, 1.82) is 0 Å². The number of amides is 1. The highest BCUT2D eigenvalue weighted by atomic mass is 31.2. The quantitative estimate of drug-likeness (QED) is 0.0243. The highest BCUT2D eigenvalue weighted by molar-refractivity contribution is 7.47. The molecule has 418 valence electrons. The number of unbranched alkanes of at least 4 members (excludes halogenated alkanes) is 45. The van der Waals surface area contributed by atoms with E-state index in [0.717, 1.165) is 32.1 Å². The fourth-order valence-corrected chi connectivity index (χ4v) is 10.4. The zero-order valence-corrected chi connectivity index (χ0v) is 48.7. The van der Waals surface area contributed by atoms with Gasteiger partial charge in [-0.2, -0.15) is 0 Å². The maximum atomic E-state index is 13.0. The SMILES string of the molecule is CCCCCCCCCCCCCCCCCCCCCCCC/C=C/C(O)C(COP(=O)(O)OCC[N+](C)(C)C)NC(=O)CCCCCCCCCCCCCCCCCCCCCCCCCC. The summed E-state index contributed by atoms with van der Waals surface area (Å²) in [6.07, 6.45) is 66.1. The molecule has 0 aromatic carbocycles. The fraction of sp³-hybridized carbons (Fsp3) is 0.951. The predicted molar refractivity (Wildman–Crippen MR) is 305 cm³/mol. The molecule has 0 bridgehead atoms. The Morgan fingerprint density at radius 1 is 0.471 bits per heavy atom. The average Bonchev–Trinajstić information content (AvgIpc) is 3.32. The molecule has 9 heteroatoms. The second-order valence-electron chi connectivity index (χ2n) is 22.8. The summed E-state index contributed by atoms with van der Waals surface area (Å²) in [5.74, 6) is -0.168. The van der Waals surface area contributed by atoms with Crippen LogP contribution in [0, 0.1) is 0 Å². The number of likely N-dealkylation sites (N-methyl/N-ethyl adjacent to an activating group) is 1. The van der Waals surface area contributed by atoms with Crippen molar-refractivity contribution in [2.45, 2.75) is 334 Å². The summed E-state index contributed by atoms with van der Waals surface area (Å²) in [7, 11) is 1.59. The van der Waals surface area contributed by atoms with Gasteiger partial charge in [-0.3, -0.25) is 13.8 Å². The number of carbonyl (C=O) groups excluding carboxylic acids is 1. The number of phosphoric ester groups is 1. The van der Waals surface area contributed by atoms with Crippen molar-refractivity contribution in [3.63, 3.8) is 0 Å². The Bertz CT molecular complexity index is 1150. The third-order valence-corrected chi connectivity index (χ3v) is 15.5. The lowest BCUT2D eigenvalue weighted by Crippen LogP contribution is -2.45. The zero-order chi connectivity index (χ0) is 51.3. The van der Waals surface area contributed by atoms with Crippen LogP contribution < -0.4 is 5.32 Å². The molecule has 0 aliphatic heterocycles. The Hall–Kier alpha value is -0.760. The number of quaternary nitrogens is 1. The maximum Gasteiger partial charge on any atom is 0.472 e. The summed E-state index contributed by atoms with van der Waals surface area (Å²) in [6, 6.07) is -0.842. The molecule has 3 N–H and O–H groups in total. The van der Waals surface area contributed by atoms with Crippen LogP contribution in [-0.4, -0.2) is 73.4 Å². The first kappa shape index (κ1) is 69.2. The standard InChI is InChI=1S/C61H123N2O6P/c1-6-8-10-12-14-16-18-20-22-24-26-28-30-32-34-36-38-40-42-44-46-48-50-52-54-60(64)59(58-69-70(66,67)68-57-56-63(3,4)5)62-61(65)55-53-51-49-47-45-43-41-39-37-35-33-31-29-27-25-23-21-19-17-15-13-11-9-7-2/h52,54,59-60,64H,6-51,53,55-58H2,1-5H3,(H-,62,65,66,67)/p+1/b54-52+. The first-order valence-corrected chi connectivity index (χ1v) is 32.6. The molecule has 0 spiro atoms. The van der Waals surface area contributed by atoms with Gasteiger partial charge in [-0.25, -0.2) is 4.57 Å². The Labute approximate surface area is 437 Å². The third-order valence-electron chi connectivity index (χ3n) is 14.5. The monoisotopic (exact) mass is 1010 g/mol. The number of carbonyl (C=O) groups is 1. The summed E-state index contributed by atoms with van der Waals surface area (Å²) in [4.78, 5) is 23.3. The van der Waals surface area contributed by atoms with Crippen molar-refractivity contribution in [3.05, 3.63) is 12.2 Å². The van der Waals surface area contributed by atoms with Gasteiger partial charge in [0.05, 0.1) is 39.9 Å². The largest absolute Gasteiger partial charge is 0.472 e. The zero-order valence-electron chi connectivity index (χ0n) is 47.8. The number of aliphatic hydroxyl groups is 1. The van der Waals surface area contributed by atoms with E-state index in [4.69, 9.17) is 9.05 Å². The van der Waals surface area contributed by atoms with Gasteiger partial charge in [0, 0.05) is 6.42 Å². The van der Waals surface area contributed by atoms with Crippen LogP contribution >= 0.6 is 7.82 Å². The van der Waals surface area contributed by atoms with E-state index in [9.17, 15) is 19.4 Å². The minimum absolute atomic E-state index is 0.0653. The van der Waals surface area contributed by atoms with Crippen LogP contribution in [0.4, 0.5) is 0 Å². The van der Waals surface area contributed by atoms with Crippen molar-refractivity contribution in [2.24, 2.45) is 0 Å². The van der Waals surface area contributed by atoms with Crippen molar-refractivity contribution >= 4 is 13.7 Å².